The maximum Gasteiger partial charge on any atom is 0.120 e. The summed E-state index contributed by atoms with van der Waals surface area (Å²) in [5.74, 6) is 1.12. The fourth-order valence-corrected chi connectivity index (χ4v) is 6.70. The third-order valence-corrected chi connectivity index (χ3v) is 9.22. The maximum atomic E-state index is 12.7. The minimum atomic E-state index is -2.15. The maximum absolute atomic E-state index is 12.7. The van der Waals surface area contributed by atoms with E-state index < -0.39 is 6.85 Å². The summed E-state index contributed by atoms with van der Waals surface area (Å²) in [5.41, 5.74) is 10.5. The Kier molecular flexibility index (Phi) is 9.69. The van der Waals surface area contributed by atoms with E-state index in [0.29, 0.717) is 23.1 Å². The molecule has 4 heterocycles. The molecule has 0 N–H and O–H groups in total. The van der Waals surface area contributed by atoms with Crippen molar-refractivity contribution < 1.29 is 33.0 Å². The molecular formula is C46H43FIrN4O-2. The molecule has 0 aliphatic rings. The van der Waals surface area contributed by atoms with Gasteiger partial charge >= 0.3 is 0 Å². The number of aromatic nitrogens is 4. The zero-order valence-corrected chi connectivity index (χ0v) is 33.3. The fraction of sp³-hybridized carbons (Fsp3) is 0.239. The average Bonchev–Trinajstić information content (AvgIpc) is 3.73. The first-order valence-electron chi connectivity index (χ1n) is 19.1. The van der Waals surface area contributed by atoms with E-state index in [-0.39, 0.29) is 36.9 Å². The smallest absolute Gasteiger partial charge is 0.120 e. The first-order valence-corrected chi connectivity index (χ1v) is 17.6. The van der Waals surface area contributed by atoms with Crippen LogP contribution in [0.3, 0.4) is 0 Å². The SMILES string of the molecule is CC(C)c1cccc(C(C)C)c1-n1c(-c2[c-]ccc3c2oc2ccccc23)nc2ccnc(C(C)(C)C)c21.[2H]C([2H])([2H])c1ccc(-c2[c-]cc(F)cc2)nc1.[Ir]. The number of benzene rings is 4. The predicted molar refractivity (Wildman–Crippen MR) is 210 cm³/mol. The zero-order chi connectivity index (χ0) is 39.2. The first-order chi connectivity index (χ1) is 26.1. The summed E-state index contributed by atoms with van der Waals surface area (Å²) >= 11 is 0. The number of imidazole rings is 1. The van der Waals surface area contributed by atoms with Gasteiger partial charge in [-0.05, 0) is 53.2 Å². The molecule has 0 spiro atoms. The van der Waals surface area contributed by atoms with Gasteiger partial charge in [0, 0.05) is 58.9 Å². The molecule has 0 aliphatic carbocycles. The van der Waals surface area contributed by atoms with Crippen molar-refractivity contribution >= 4 is 33.0 Å². The van der Waals surface area contributed by atoms with Crippen LogP contribution in [0.2, 0.25) is 0 Å². The van der Waals surface area contributed by atoms with Gasteiger partial charge in [-0.25, -0.2) is 0 Å². The number of nitrogens with zero attached hydrogens (tertiary/aromatic N) is 4. The Morgan fingerprint density at radius 2 is 1.58 bits per heavy atom. The van der Waals surface area contributed by atoms with Crippen LogP contribution in [0, 0.1) is 24.8 Å². The standard InChI is InChI=1S/C34H34N3O.C12H9FN.Ir/c1-20(2)22-13-10-14-23(21(3)4)29(22)37-30-27(18-19-35-32(30)34(5,6)7)36-33(37)26-16-11-15-25-24-12-8-9-17-28(24)38-31(25)26;1-9-2-7-12(14-8-9)10-3-5-11(13)6-4-10;/h8-15,17-21H,1-7H3;2-3,5-8H,1H3;/q2*-1;/i;1D3;. The van der Waals surface area contributed by atoms with Crippen LogP contribution in [-0.4, -0.2) is 19.5 Å². The van der Waals surface area contributed by atoms with Crippen molar-refractivity contribution in [3.63, 3.8) is 0 Å². The van der Waals surface area contributed by atoms with Crippen LogP contribution < -0.4 is 0 Å². The molecule has 0 bridgehead atoms. The van der Waals surface area contributed by atoms with Gasteiger partial charge in [0.1, 0.15) is 5.58 Å². The number of furan rings is 1. The number of para-hydroxylation sites is 2. The Balaban J connectivity index is 0.000000248. The number of halogens is 1. The van der Waals surface area contributed by atoms with Crippen LogP contribution in [0.5, 0.6) is 0 Å². The normalized spacial score (nSPS) is 12.8. The van der Waals surface area contributed by atoms with Gasteiger partial charge in [-0.15, -0.1) is 48.0 Å². The molecule has 0 saturated carbocycles. The topological polar surface area (TPSA) is 56.7 Å². The number of hydrogen-bond donors (Lipinski definition) is 0. The molecule has 0 unspecified atom stereocenters. The molecule has 0 amide bonds. The monoisotopic (exact) mass is 882 g/mol. The third kappa shape index (κ3) is 7.33. The van der Waals surface area contributed by atoms with Gasteiger partial charge in [0.2, 0.25) is 0 Å². The minimum absolute atomic E-state index is 0. The summed E-state index contributed by atoms with van der Waals surface area (Å²) < 4.78 is 43.2. The Morgan fingerprint density at radius 1 is 0.830 bits per heavy atom. The molecular weight excluding hydrogens is 836 g/mol. The predicted octanol–water partition coefficient (Wildman–Crippen LogP) is 12.3. The largest absolute Gasteiger partial charge is 0.501 e. The van der Waals surface area contributed by atoms with Crippen molar-refractivity contribution in [2.75, 3.05) is 0 Å². The van der Waals surface area contributed by atoms with Crippen LogP contribution in [0.4, 0.5) is 4.39 Å². The van der Waals surface area contributed by atoms with E-state index >= 15 is 0 Å². The first kappa shape index (κ1) is 33.8. The Hall–Kier alpha value is -4.97. The number of rotatable bonds is 5. The van der Waals surface area contributed by atoms with Crippen molar-refractivity contribution in [3.05, 3.63) is 144 Å². The van der Waals surface area contributed by atoms with E-state index in [0.717, 1.165) is 50.1 Å². The van der Waals surface area contributed by atoms with Crippen molar-refractivity contribution in [3.8, 4) is 28.3 Å². The van der Waals surface area contributed by atoms with Crippen LogP contribution in [0.15, 0.2) is 108 Å². The van der Waals surface area contributed by atoms with E-state index in [9.17, 15) is 4.39 Å². The van der Waals surface area contributed by atoms with E-state index in [2.05, 4.69) is 107 Å². The van der Waals surface area contributed by atoms with E-state index in [1.165, 1.54) is 41.2 Å². The fourth-order valence-electron chi connectivity index (χ4n) is 6.70. The number of aryl methyl sites for hydroxylation is 1. The summed E-state index contributed by atoms with van der Waals surface area (Å²) in [5, 5.41) is 2.17. The van der Waals surface area contributed by atoms with Gasteiger partial charge in [0.15, 0.2) is 0 Å². The van der Waals surface area contributed by atoms with Gasteiger partial charge in [-0.1, -0.05) is 108 Å². The molecule has 271 valence electrons. The molecule has 8 aromatic rings. The summed E-state index contributed by atoms with van der Waals surface area (Å²) in [6.07, 6.45) is 3.19. The van der Waals surface area contributed by atoms with Crippen molar-refractivity contribution in [2.24, 2.45) is 0 Å². The Morgan fingerprint density at radius 3 is 2.23 bits per heavy atom. The molecule has 53 heavy (non-hydrogen) atoms. The molecule has 8 rings (SSSR count). The molecule has 1 radical (unpaired) electrons. The van der Waals surface area contributed by atoms with E-state index in [1.54, 1.807) is 12.1 Å². The molecule has 0 atom stereocenters. The number of fused-ring (bicyclic) bond motifs is 4. The molecule has 0 fully saturated rings. The summed E-state index contributed by atoms with van der Waals surface area (Å²) in [6.45, 7) is 13.5. The van der Waals surface area contributed by atoms with Crippen LogP contribution in [-0.2, 0) is 25.5 Å². The second-order valence-electron chi connectivity index (χ2n) is 14.7. The molecule has 0 saturated heterocycles. The van der Waals surface area contributed by atoms with Crippen LogP contribution in [0.1, 0.15) is 86.8 Å². The molecule has 4 aromatic heterocycles. The third-order valence-electron chi connectivity index (χ3n) is 9.22. The van der Waals surface area contributed by atoms with E-state index in [1.807, 2.05) is 30.5 Å². The second-order valence-corrected chi connectivity index (χ2v) is 14.7. The van der Waals surface area contributed by atoms with Gasteiger partial charge < -0.3 is 14.0 Å². The zero-order valence-electron chi connectivity index (χ0n) is 33.9. The van der Waals surface area contributed by atoms with Gasteiger partial charge in [0.25, 0.3) is 0 Å². The summed E-state index contributed by atoms with van der Waals surface area (Å²) in [7, 11) is 0. The molecule has 0 aliphatic heterocycles. The second kappa shape index (κ2) is 15.2. The van der Waals surface area contributed by atoms with Crippen molar-refractivity contribution in [2.45, 2.75) is 72.6 Å². The quantitative estimate of drug-likeness (QED) is 0.162. The van der Waals surface area contributed by atoms with E-state index in [4.69, 9.17) is 18.5 Å². The summed E-state index contributed by atoms with van der Waals surface area (Å²) in [4.78, 5) is 14.2. The Bertz CT molecular complexity index is 2610. The Labute approximate surface area is 328 Å². The van der Waals surface area contributed by atoms with Gasteiger partial charge in [-0.3, -0.25) is 14.4 Å². The molecule has 4 aromatic carbocycles. The van der Waals surface area contributed by atoms with Gasteiger partial charge in [-0.2, -0.15) is 0 Å². The number of pyridine rings is 2. The van der Waals surface area contributed by atoms with Crippen molar-refractivity contribution in [1.29, 1.82) is 0 Å². The minimum Gasteiger partial charge on any atom is -0.501 e. The molecule has 7 heteroatoms. The van der Waals surface area contributed by atoms with Crippen LogP contribution in [0.25, 0.3) is 61.3 Å². The summed E-state index contributed by atoms with van der Waals surface area (Å²) in [6, 6.07) is 34.4. The average molecular weight is 882 g/mol. The van der Waals surface area contributed by atoms with Crippen LogP contribution >= 0.6 is 0 Å². The molecule has 5 nitrogen and oxygen atoms in total. The van der Waals surface area contributed by atoms with Crippen molar-refractivity contribution in [1.82, 2.24) is 19.5 Å². The number of hydrogen-bond acceptors (Lipinski definition) is 4. The van der Waals surface area contributed by atoms with Gasteiger partial charge in [0.05, 0.1) is 28.1 Å².